The van der Waals surface area contributed by atoms with Crippen LogP contribution in [0.2, 0.25) is 0 Å². The SMILES string of the molecule is CC(C)CCOC(=O)c1ncn2c1CN(C)C(=O)c1cc(F)ccc1-2. The lowest BCUT2D eigenvalue weighted by Gasteiger charge is -2.14. The van der Waals surface area contributed by atoms with Gasteiger partial charge in [0.2, 0.25) is 0 Å². The topological polar surface area (TPSA) is 64.4 Å². The first-order chi connectivity index (χ1) is 11.9. The highest BCUT2D eigenvalue weighted by Gasteiger charge is 2.29. The van der Waals surface area contributed by atoms with Crippen LogP contribution >= 0.6 is 0 Å². The number of imidazole rings is 1. The second-order valence-electron chi connectivity index (χ2n) is 6.55. The lowest BCUT2D eigenvalue weighted by atomic mass is 10.1. The molecule has 0 unspecified atom stereocenters. The standard InChI is InChI=1S/C18H20FN3O3/c1-11(2)6-7-25-18(24)16-15-9-21(3)17(23)13-8-12(19)4-5-14(13)22(15)10-20-16/h4-5,8,10-11H,6-7,9H2,1-3H3. The van der Waals surface area contributed by atoms with E-state index in [0.29, 0.717) is 23.9 Å². The first-order valence-corrected chi connectivity index (χ1v) is 8.17. The maximum atomic E-state index is 13.6. The molecule has 6 nitrogen and oxygen atoms in total. The Balaban J connectivity index is 1.98. The molecular formula is C18H20FN3O3. The summed E-state index contributed by atoms with van der Waals surface area (Å²) in [6.07, 6.45) is 2.24. The Morgan fingerprint density at radius 2 is 2.16 bits per heavy atom. The Hall–Kier alpha value is -2.70. The molecule has 1 amide bonds. The number of benzene rings is 1. The minimum absolute atomic E-state index is 0.181. The molecule has 0 spiro atoms. The molecule has 0 saturated heterocycles. The van der Waals surface area contributed by atoms with Crippen LogP contribution < -0.4 is 0 Å². The van der Waals surface area contributed by atoms with Gasteiger partial charge in [0, 0.05) is 7.05 Å². The van der Waals surface area contributed by atoms with E-state index >= 15 is 0 Å². The zero-order chi connectivity index (χ0) is 18.1. The summed E-state index contributed by atoms with van der Waals surface area (Å²) in [5.74, 6) is -0.882. The molecule has 2 heterocycles. The van der Waals surface area contributed by atoms with Crippen molar-refractivity contribution in [3.05, 3.63) is 47.3 Å². The maximum Gasteiger partial charge on any atom is 0.358 e. The summed E-state index contributed by atoms with van der Waals surface area (Å²) in [4.78, 5) is 30.5. The van der Waals surface area contributed by atoms with Crippen LogP contribution in [-0.4, -0.2) is 40.0 Å². The molecule has 2 aromatic rings. The Morgan fingerprint density at radius 3 is 2.88 bits per heavy atom. The third-order valence-electron chi connectivity index (χ3n) is 4.17. The number of halogens is 1. The summed E-state index contributed by atoms with van der Waals surface area (Å²) >= 11 is 0. The molecule has 0 radical (unpaired) electrons. The van der Waals surface area contributed by atoms with Gasteiger partial charge in [0.05, 0.1) is 30.1 Å². The number of ether oxygens (including phenoxy) is 1. The number of carbonyl (C=O) groups is 2. The fourth-order valence-electron chi connectivity index (χ4n) is 2.75. The van der Waals surface area contributed by atoms with Crippen LogP contribution in [0.1, 0.15) is 46.8 Å². The van der Waals surface area contributed by atoms with Gasteiger partial charge in [-0.1, -0.05) is 13.8 Å². The summed E-state index contributed by atoms with van der Waals surface area (Å²) < 4.78 is 20.5. The highest BCUT2D eigenvalue weighted by molar-refractivity contribution is 5.99. The van der Waals surface area contributed by atoms with Crippen molar-refractivity contribution in [2.24, 2.45) is 5.92 Å². The van der Waals surface area contributed by atoms with Crippen molar-refractivity contribution in [1.82, 2.24) is 14.5 Å². The van der Waals surface area contributed by atoms with Gasteiger partial charge in [-0.25, -0.2) is 14.2 Å². The van der Waals surface area contributed by atoms with E-state index in [2.05, 4.69) is 4.98 Å². The summed E-state index contributed by atoms with van der Waals surface area (Å²) in [5.41, 5.74) is 1.47. The number of nitrogens with zero attached hydrogens (tertiary/aromatic N) is 3. The Morgan fingerprint density at radius 1 is 1.40 bits per heavy atom. The largest absolute Gasteiger partial charge is 0.461 e. The van der Waals surface area contributed by atoms with Gasteiger partial charge < -0.3 is 9.64 Å². The predicted octanol–water partition coefficient (Wildman–Crippen LogP) is 2.80. The van der Waals surface area contributed by atoms with Gasteiger partial charge in [-0.05, 0) is 30.5 Å². The average Bonchev–Trinajstić information content (AvgIpc) is 2.93. The van der Waals surface area contributed by atoms with Gasteiger partial charge >= 0.3 is 5.97 Å². The van der Waals surface area contributed by atoms with Crippen LogP contribution in [0.3, 0.4) is 0 Å². The normalized spacial score (nSPS) is 13.5. The predicted molar refractivity (Wildman–Crippen MR) is 89.1 cm³/mol. The zero-order valence-electron chi connectivity index (χ0n) is 14.5. The number of aromatic nitrogens is 2. The van der Waals surface area contributed by atoms with Crippen LogP contribution in [-0.2, 0) is 11.3 Å². The molecule has 1 aromatic carbocycles. The number of hydrogen-bond donors (Lipinski definition) is 0. The maximum absolute atomic E-state index is 13.6. The van der Waals surface area contributed by atoms with E-state index in [0.717, 1.165) is 6.42 Å². The smallest absolute Gasteiger partial charge is 0.358 e. The van der Waals surface area contributed by atoms with Crippen LogP contribution in [0.5, 0.6) is 0 Å². The first kappa shape index (κ1) is 17.1. The molecule has 0 atom stereocenters. The quantitative estimate of drug-likeness (QED) is 0.800. The van der Waals surface area contributed by atoms with Crippen molar-refractivity contribution in [3.63, 3.8) is 0 Å². The van der Waals surface area contributed by atoms with Crippen molar-refractivity contribution in [3.8, 4) is 5.69 Å². The fourth-order valence-corrected chi connectivity index (χ4v) is 2.75. The molecule has 25 heavy (non-hydrogen) atoms. The molecule has 7 heteroatoms. The van der Waals surface area contributed by atoms with Gasteiger partial charge in [0.25, 0.3) is 5.91 Å². The molecule has 0 N–H and O–H groups in total. The molecule has 1 aromatic heterocycles. The van der Waals surface area contributed by atoms with Crippen molar-refractivity contribution < 1.29 is 18.7 Å². The van der Waals surface area contributed by atoms with Gasteiger partial charge in [-0.3, -0.25) is 9.36 Å². The molecule has 0 bridgehead atoms. The molecule has 0 saturated carbocycles. The second-order valence-corrected chi connectivity index (χ2v) is 6.55. The van der Waals surface area contributed by atoms with E-state index < -0.39 is 11.8 Å². The average molecular weight is 345 g/mol. The van der Waals surface area contributed by atoms with Gasteiger partial charge in [-0.2, -0.15) is 0 Å². The summed E-state index contributed by atoms with van der Waals surface area (Å²) in [6, 6.07) is 3.99. The molecule has 0 aliphatic carbocycles. The van der Waals surface area contributed by atoms with Crippen LogP contribution in [0.4, 0.5) is 4.39 Å². The van der Waals surface area contributed by atoms with E-state index in [4.69, 9.17) is 4.74 Å². The van der Waals surface area contributed by atoms with Crippen molar-refractivity contribution >= 4 is 11.9 Å². The minimum atomic E-state index is -0.513. The lowest BCUT2D eigenvalue weighted by Crippen LogP contribution is -2.26. The van der Waals surface area contributed by atoms with E-state index in [-0.39, 0.29) is 23.7 Å². The molecule has 1 aliphatic heterocycles. The highest BCUT2D eigenvalue weighted by atomic mass is 19.1. The number of amides is 1. The zero-order valence-corrected chi connectivity index (χ0v) is 14.5. The van der Waals surface area contributed by atoms with Crippen molar-refractivity contribution in [2.45, 2.75) is 26.8 Å². The Bertz CT molecular complexity index is 829. The monoisotopic (exact) mass is 345 g/mol. The van der Waals surface area contributed by atoms with Crippen LogP contribution in [0.25, 0.3) is 5.69 Å². The second kappa shape index (κ2) is 6.66. The number of hydrogen-bond acceptors (Lipinski definition) is 4. The number of carbonyl (C=O) groups excluding carboxylic acids is 2. The van der Waals surface area contributed by atoms with Gasteiger partial charge in [-0.15, -0.1) is 0 Å². The summed E-state index contributed by atoms with van der Waals surface area (Å²) in [6.45, 7) is 4.60. The Kier molecular flexibility index (Phi) is 4.57. The van der Waals surface area contributed by atoms with Crippen LogP contribution in [0.15, 0.2) is 24.5 Å². The van der Waals surface area contributed by atoms with Gasteiger partial charge in [0.1, 0.15) is 12.1 Å². The molecule has 0 fully saturated rings. The Labute approximate surface area is 145 Å². The minimum Gasteiger partial charge on any atom is -0.461 e. The summed E-state index contributed by atoms with van der Waals surface area (Å²) in [7, 11) is 1.60. The van der Waals surface area contributed by atoms with E-state index in [1.54, 1.807) is 11.6 Å². The van der Waals surface area contributed by atoms with Crippen LogP contribution in [0, 0.1) is 11.7 Å². The molecule has 3 rings (SSSR count). The number of esters is 1. The number of fused-ring (bicyclic) bond motifs is 3. The lowest BCUT2D eigenvalue weighted by molar-refractivity contribution is 0.0478. The molecule has 1 aliphatic rings. The number of rotatable bonds is 4. The third kappa shape index (κ3) is 3.26. The molecular weight excluding hydrogens is 325 g/mol. The van der Waals surface area contributed by atoms with Gasteiger partial charge in [0.15, 0.2) is 5.69 Å². The van der Waals surface area contributed by atoms with E-state index in [1.165, 1.54) is 29.4 Å². The van der Waals surface area contributed by atoms with E-state index in [1.807, 2.05) is 13.8 Å². The fraction of sp³-hybridized carbons (Fsp3) is 0.389. The highest BCUT2D eigenvalue weighted by Crippen LogP contribution is 2.26. The first-order valence-electron chi connectivity index (χ1n) is 8.17. The van der Waals surface area contributed by atoms with Crippen molar-refractivity contribution in [1.29, 1.82) is 0 Å². The summed E-state index contributed by atoms with van der Waals surface area (Å²) in [5, 5.41) is 0. The molecule has 132 valence electrons. The van der Waals surface area contributed by atoms with Crippen molar-refractivity contribution in [2.75, 3.05) is 13.7 Å². The van der Waals surface area contributed by atoms with E-state index in [9.17, 15) is 14.0 Å². The third-order valence-corrected chi connectivity index (χ3v) is 4.17.